The van der Waals surface area contributed by atoms with E-state index in [-0.39, 0.29) is 0 Å². The van der Waals surface area contributed by atoms with E-state index >= 15 is 0 Å². The number of hydrogen-bond acceptors (Lipinski definition) is 3. The van der Waals surface area contributed by atoms with Crippen molar-refractivity contribution < 1.29 is 4.74 Å². The molecule has 2 aromatic heterocycles. The third kappa shape index (κ3) is 4.04. The number of H-pyrrole nitrogens is 1. The minimum Gasteiger partial charge on any atom is -0.496 e. The minimum absolute atomic E-state index is 0.708. The summed E-state index contributed by atoms with van der Waals surface area (Å²) in [5.41, 5.74) is 4.94. The molecular formula is C22H24N4O. The Bertz CT molecular complexity index is 1000. The van der Waals surface area contributed by atoms with Crippen LogP contribution in [0.25, 0.3) is 10.9 Å². The van der Waals surface area contributed by atoms with Crippen LogP contribution in [-0.4, -0.2) is 28.4 Å². The van der Waals surface area contributed by atoms with E-state index in [1.165, 1.54) is 22.0 Å². The zero-order valence-electron chi connectivity index (χ0n) is 15.5. The highest BCUT2D eigenvalue weighted by molar-refractivity contribution is 5.83. The Morgan fingerprint density at radius 2 is 2.04 bits per heavy atom. The Hall–Kier alpha value is -3.05. The van der Waals surface area contributed by atoms with Crippen molar-refractivity contribution in [3.63, 3.8) is 0 Å². The molecule has 2 N–H and O–H groups in total. The predicted molar refractivity (Wildman–Crippen MR) is 108 cm³/mol. The van der Waals surface area contributed by atoms with Gasteiger partial charge in [0.2, 0.25) is 0 Å². The molecule has 0 bridgehead atoms. The second-order valence-corrected chi connectivity index (χ2v) is 6.64. The number of nitrogens with zero attached hydrogens (tertiary/aromatic N) is 2. The molecular weight excluding hydrogens is 336 g/mol. The number of hydrogen-bond donors (Lipinski definition) is 2. The van der Waals surface area contributed by atoms with Crippen LogP contribution in [0.4, 0.5) is 0 Å². The van der Waals surface area contributed by atoms with E-state index in [9.17, 15) is 0 Å². The second-order valence-electron chi connectivity index (χ2n) is 6.64. The SMILES string of the molecule is COc1ccc(CNCCc2c[nH]c3ccccc23)cc1Cn1cccn1. The Kier molecular flexibility index (Phi) is 5.21. The third-order valence-corrected chi connectivity index (χ3v) is 4.81. The van der Waals surface area contributed by atoms with Crippen molar-refractivity contribution >= 4 is 10.9 Å². The van der Waals surface area contributed by atoms with E-state index in [1.807, 2.05) is 23.0 Å². The van der Waals surface area contributed by atoms with Crippen LogP contribution in [0.5, 0.6) is 5.75 Å². The number of nitrogens with one attached hydrogen (secondary N) is 2. The molecule has 0 amide bonds. The van der Waals surface area contributed by atoms with Crippen molar-refractivity contribution in [3.8, 4) is 5.75 Å². The predicted octanol–water partition coefficient (Wildman–Crippen LogP) is 3.75. The van der Waals surface area contributed by atoms with Gasteiger partial charge in [-0.15, -0.1) is 0 Å². The average Bonchev–Trinajstić information content (AvgIpc) is 3.35. The molecule has 5 heteroatoms. The van der Waals surface area contributed by atoms with Crippen LogP contribution in [0.2, 0.25) is 0 Å². The lowest BCUT2D eigenvalue weighted by Crippen LogP contribution is -2.17. The van der Waals surface area contributed by atoms with Gasteiger partial charge in [0.25, 0.3) is 0 Å². The summed E-state index contributed by atoms with van der Waals surface area (Å²) < 4.78 is 7.41. The molecule has 0 aliphatic rings. The zero-order chi connectivity index (χ0) is 18.5. The number of rotatable bonds is 8. The van der Waals surface area contributed by atoms with E-state index in [1.54, 1.807) is 13.3 Å². The van der Waals surface area contributed by atoms with E-state index in [4.69, 9.17) is 4.74 Å². The molecule has 0 unspecified atom stereocenters. The number of aromatic amines is 1. The highest BCUT2D eigenvalue weighted by Gasteiger charge is 2.06. The molecule has 0 atom stereocenters. The van der Waals surface area contributed by atoms with Crippen LogP contribution in [0, 0.1) is 0 Å². The van der Waals surface area contributed by atoms with Crippen LogP contribution in [0.1, 0.15) is 16.7 Å². The molecule has 0 aliphatic heterocycles. The molecule has 0 saturated carbocycles. The van der Waals surface area contributed by atoms with Crippen LogP contribution in [0.3, 0.4) is 0 Å². The maximum atomic E-state index is 5.50. The molecule has 0 radical (unpaired) electrons. The molecule has 138 valence electrons. The van der Waals surface area contributed by atoms with Crippen LogP contribution < -0.4 is 10.1 Å². The second kappa shape index (κ2) is 8.10. The largest absolute Gasteiger partial charge is 0.496 e. The van der Waals surface area contributed by atoms with Crippen molar-refractivity contribution in [2.75, 3.05) is 13.7 Å². The highest BCUT2D eigenvalue weighted by Crippen LogP contribution is 2.21. The van der Waals surface area contributed by atoms with Gasteiger partial charge in [-0.1, -0.05) is 24.3 Å². The summed E-state index contributed by atoms with van der Waals surface area (Å²) in [6, 6.07) is 16.7. The fourth-order valence-corrected chi connectivity index (χ4v) is 3.43. The number of aromatic nitrogens is 3. The molecule has 27 heavy (non-hydrogen) atoms. The van der Waals surface area contributed by atoms with E-state index < -0.39 is 0 Å². The van der Waals surface area contributed by atoms with E-state index in [0.29, 0.717) is 6.54 Å². The molecule has 5 nitrogen and oxygen atoms in total. The van der Waals surface area contributed by atoms with Gasteiger partial charge in [0, 0.05) is 41.6 Å². The number of ether oxygens (including phenoxy) is 1. The first-order valence-corrected chi connectivity index (χ1v) is 9.22. The maximum Gasteiger partial charge on any atom is 0.123 e. The Morgan fingerprint density at radius 1 is 1.11 bits per heavy atom. The molecule has 2 aromatic carbocycles. The van der Waals surface area contributed by atoms with Crippen molar-refractivity contribution in [1.82, 2.24) is 20.1 Å². The molecule has 2 heterocycles. The van der Waals surface area contributed by atoms with Crippen molar-refractivity contribution in [1.29, 1.82) is 0 Å². The summed E-state index contributed by atoms with van der Waals surface area (Å²) in [6.45, 7) is 2.47. The number of fused-ring (bicyclic) bond motifs is 1. The van der Waals surface area contributed by atoms with Crippen molar-refractivity contribution in [2.24, 2.45) is 0 Å². The lowest BCUT2D eigenvalue weighted by Gasteiger charge is -2.12. The summed E-state index contributed by atoms with van der Waals surface area (Å²) in [7, 11) is 1.71. The first-order chi connectivity index (χ1) is 13.3. The zero-order valence-corrected chi connectivity index (χ0v) is 15.5. The number of para-hydroxylation sites is 1. The van der Waals surface area contributed by atoms with Crippen molar-refractivity contribution in [2.45, 2.75) is 19.5 Å². The normalized spacial score (nSPS) is 11.1. The van der Waals surface area contributed by atoms with Crippen LogP contribution in [0.15, 0.2) is 67.1 Å². The molecule has 0 saturated heterocycles. The van der Waals surface area contributed by atoms with Gasteiger partial charge in [-0.25, -0.2) is 0 Å². The fourth-order valence-electron chi connectivity index (χ4n) is 3.43. The maximum absolute atomic E-state index is 5.50. The van der Waals surface area contributed by atoms with Gasteiger partial charge < -0.3 is 15.0 Å². The van der Waals surface area contributed by atoms with Crippen molar-refractivity contribution in [3.05, 3.63) is 83.8 Å². The number of methoxy groups -OCH3 is 1. The third-order valence-electron chi connectivity index (χ3n) is 4.81. The quantitative estimate of drug-likeness (QED) is 0.471. The Labute approximate surface area is 159 Å². The van der Waals surface area contributed by atoms with Gasteiger partial charge in [-0.3, -0.25) is 4.68 Å². The van der Waals surface area contributed by atoms with Gasteiger partial charge in [-0.2, -0.15) is 5.10 Å². The van der Waals surface area contributed by atoms with E-state index in [0.717, 1.165) is 30.8 Å². The monoisotopic (exact) mass is 360 g/mol. The highest BCUT2D eigenvalue weighted by atomic mass is 16.5. The van der Waals surface area contributed by atoms with Crippen LogP contribution in [-0.2, 0) is 19.5 Å². The van der Waals surface area contributed by atoms with Gasteiger partial charge >= 0.3 is 0 Å². The van der Waals surface area contributed by atoms with Crippen LogP contribution >= 0.6 is 0 Å². The fraction of sp³-hybridized carbons (Fsp3) is 0.227. The summed E-state index contributed by atoms with van der Waals surface area (Å²) in [5.74, 6) is 0.896. The average molecular weight is 360 g/mol. The lowest BCUT2D eigenvalue weighted by atomic mass is 10.1. The molecule has 0 fully saturated rings. The molecule has 0 spiro atoms. The topological polar surface area (TPSA) is 54.9 Å². The van der Waals surface area contributed by atoms with E-state index in [2.05, 4.69) is 58.0 Å². The Balaban J connectivity index is 1.36. The Morgan fingerprint density at radius 3 is 2.89 bits per heavy atom. The summed E-state index contributed by atoms with van der Waals surface area (Å²) in [6.07, 6.45) is 6.87. The molecule has 4 rings (SSSR count). The first-order valence-electron chi connectivity index (χ1n) is 9.22. The minimum atomic E-state index is 0.708. The number of benzene rings is 2. The summed E-state index contributed by atoms with van der Waals surface area (Å²) in [4.78, 5) is 3.34. The van der Waals surface area contributed by atoms with Gasteiger partial charge in [0.1, 0.15) is 5.75 Å². The molecule has 0 aliphatic carbocycles. The summed E-state index contributed by atoms with van der Waals surface area (Å²) in [5, 5.41) is 9.15. The van der Waals surface area contributed by atoms with Gasteiger partial charge in [0.15, 0.2) is 0 Å². The standard InChI is InChI=1S/C22H24N4O/c1-27-22-8-7-17(13-19(22)16-26-12-4-10-25-26)14-23-11-9-18-15-24-21-6-3-2-5-20(18)21/h2-8,10,12-13,15,23-24H,9,11,14,16H2,1H3. The van der Waals surface area contributed by atoms with Gasteiger partial charge in [0.05, 0.1) is 13.7 Å². The summed E-state index contributed by atoms with van der Waals surface area (Å²) >= 11 is 0. The molecule has 4 aromatic rings. The smallest absolute Gasteiger partial charge is 0.123 e. The lowest BCUT2D eigenvalue weighted by molar-refractivity contribution is 0.407. The van der Waals surface area contributed by atoms with Gasteiger partial charge in [-0.05, 0) is 48.4 Å². The first kappa shape index (κ1) is 17.4.